The molecule has 0 aliphatic heterocycles. The van der Waals surface area contributed by atoms with E-state index in [0.29, 0.717) is 17.7 Å². The molecule has 0 aromatic heterocycles. The van der Waals surface area contributed by atoms with Crippen molar-refractivity contribution < 1.29 is 10.0 Å². The van der Waals surface area contributed by atoms with Crippen molar-refractivity contribution in [2.75, 3.05) is 6.54 Å². The van der Waals surface area contributed by atoms with E-state index in [9.17, 15) is 15.2 Å². The first kappa shape index (κ1) is 16.7. The van der Waals surface area contributed by atoms with Crippen LogP contribution < -0.4 is 0 Å². The number of rotatable bonds is 5. The summed E-state index contributed by atoms with van der Waals surface area (Å²) >= 11 is 0. The van der Waals surface area contributed by atoms with Crippen molar-refractivity contribution in [2.24, 2.45) is 4.99 Å². The number of nitrogens with zero attached hydrogens (tertiary/aromatic N) is 2. The predicted molar refractivity (Wildman–Crippen MR) is 91.5 cm³/mol. The number of hydrogen-bond acceptors (Lipinski definition) is 4. The molecule has 0 aliphatic rings. The minimum absolute atomic E-state index is 0.0293. The van der Waals surface area contributed by atoms with E-state index in [1.807, 2.05) is 51.1 Å². The van der Waals surface area contributed by atoms with Crippen LogP contribution in [0.25, 0.3) is 0 Å². The first-order valence-corrected chi connectivity index (χ1v) is 7.45. The lowest BCUT2D eigenvalue weighted by Gasteiger charge is -2.27. The lowest BCUT2D eigenvalue weighted by molar-refractivity contribution is -0.385. The second-order valence-electron chi connectivity index (χ2n) is 5.81. The molecule has 0 bridgehead atoms. The van der Waals surface area contributed by atoms with Gasteiger partial charge in [-0.2, -0.15) is 0 Å². The highest BCUT2D eigenvalue weighted by Gasteiger charge is 2.29. The van der Waals surface area contributed by atoms with Crippen molar-refractivity contribution in [1.82, 2.24) is 0 Å². The van der Waals surface area contributed by atoms with E-state index in [4.69, 9.17) is 0 Å². The molecule has 0 amide bonds. The predicted octanol–water partition coefficient (Wildman–Crippen LogP) is 4.07. The monoisotopic (exact) mass is 312 g/mol. The number of benzene rings is 2. The van der Waals surface area contributed by atoms with Gasteiger partial charge in [0, 0.05) is 41.4 Å². The maximum Gasteiger partial charge on any atom is 0.270 e. The summed E-state index contributed by atoms with van der Waals surface area (Å²) in [7, 11) is 0. The van der Waals surface area contributed by atoms with Crippen LogP contribution in [0.4, 0.5) is 5.69 Å². The second-order valence-corrected chi connectivity index (χ2v) is 5.81. The summed E-state index contributed by atoms with van der Waals surface area (Å²) < 4.78 is 0. The minimum Gasteiger partial charge on any atom is -0.507 e. The number of nitro groups is 1. The maximum absolute atomic E-state index is 11.2. The molecular formula is C18H20N2O3. The minimum atomic E-state index is -0.577. The average Bonchev–Trinajstić information content (AvgIpc) is 2.54. The van der Waals surface area contributed by atoms with Gasteiger partial charge in [0.1, 0.15) is 5.75 Å². The first-order valence-electron chi connectivity index (χ1n) is 7.45. The van der Waals surface area contributed by atoms with Crippen molar-refractivity contribution in [3.05, 3.63) is 69.3 Å². The van der Waals surface area contributed by atoms with E-state index in [0.717, 1.165) is 5.56 Å². The Kier molecular flexibility index (Phi) is 4.79. The molecule has 2 aromatic rings. The molecule has 1 N–H and O–H groups in total. The Morgan fingerprint density at radius 2 is 1.91 bits per heavy atom. The molecular weight excluding hydrogens is 292 g/mol. The van der Waals surface area contributed by atoms with Crippen molar-refractivity contribution in [3.8, 4) is 5.75 Å². The van der Waals surface area contributed by atoms with Crippen LogP contribution >= 0.6 is 0 Å². The molecule has 2 aromatic carbocycles. The summed E-state index contributed by atoms with van der Waals surface area (Å²) in [5, 5.41) is 21.8. The second kappa shape index (κ2) is 6.60. The van der Waals surface area contributed by atoms with E-state index in [-0.39, 0.29) is 11.4 Å². The molecule has 0 saturated heterocycles. The Labute approximate surface area is 135 Å². The number of phenols is 1. The van der Waals surface area contributed by atoms with Crippen molar-refractivity contribution in [1.29, 1.82) is 0 Å². The van der Waals surface area contributed by atoms with E-state index in [2.05, 4.69) is 4.99 Å². The molecule has 0 unspecified atom stereocenters. The third kappa shape index (κ3) is 3.39. The standard InChI is InChI=1S/C18H20N2O3/c1-4-19-12-13-10-15(20(22)23)11-16(17(13)21)18(2,3)14-8-6-5-7-9-14/h5-12,21H,4H2,1-3H3. The Bertz CT molecular complexity index is 737. The maximum atomic E-state index is 11.2. The molecule has 5 heteroatoms. The molecule has 0 radical (unpaired) electrons. The summed E-state index contributed by atoms with van der Waals surface area (Å²) in [4.78, 5) is 14.9. The van der Waals surface area contributed by atoms with Gasteiger partial charge in [0.05, 0.1) is 4.92 Å². The third-order valence-corrected chi connectivity index (χ3v) is 3.92. The number of aromatic hydroxyl groups is 1. The Hall–Kier alpha value is -2.69. The smallest absolute Gasteiger partial charge is 0.270 e. The van der Waals surface area contributed by atoms with E-state index >= 15 is 0 Å². The fourth-order valence-electron chi connectivity index (χ4n) is 2.52. The zero-order valence-corrected chi connectivity index (χ0v) is 13.5. The number of nitro benzene ring substituents is 1. The zero-order valence-electron chi connectivity index (χ0n) is 13.5. The van der Waals surface area contributed by atoms with Crippen LogP contribution in [0.1, 0.15) is 37.5 Å². The number of phenolic OH excluding ortho intramolecular Hbond substituents is 1. The Morgan fingerprint density at radius 3 is 2.48 bits per heavy atom. The van der Waals surface area contributed by atoms with Gasteiger partial charge in [-0.25, -0.2) is 0 Å². The van der Waals surface area contributed by atoms with Crippen LogP contribution in [-0.2, 0) is 5.41 Å². The molecule has 0 fully saturated rings. The quantitative estimate of drug-likeness (QED) is 0.514. The van der Waals surface area contributed by atoms with Crippen molar-refractivity contribution in [3.63, 3.8) is 0 Å². The highest BCUT2D eigenvalue weighted by atomic mass is 16.6. The molecule has 0 spiro atoms. The highest BCUT2D eigenvalue weighted by Crippen LogP contribution is 2.40. The van der Waals surface area contributed by atoms with Crippen LogP contribution in [-0.4, -0.2) is 22.8 Å². The van der Waals surface area contributed by atoms with Gasteiger partial charge in [0.15, 0.2) is 0 Å². The fourth-order valence-corrected chi connectivity index (χ4v) is 2.52. The molecule has 2 rings (SSSR count). The topological polar surface area (TPSA) is 75.7 Å². The highest BCUT2D eigenvalue weighted by molar-refractivity contribution is 5.86. The van der Waals surface area contributed by atoms with Gasteiger partial charge in [-0.1, -0.05) is 44.2 Å². The van der Waals surface area contributed by atoms with Gasteiger partial charge >= 0.3 is 0 Å². The van der Waals surface area contributed by atoms with Gasteiger partial charge in [0.25, 0.3) is 5.69 Å². The summed E-state index contributed by atoms with van der Waals surface area (Å²) in [6, 6.07) is 12.4. The van der Waals surface area contributed by atoms with Gasteiger partial charge < -0.3 is 5.11 Å². The molecule has 23 heavy (non-hydrogen) atoms. The molecule has 5 nitrogen and oxygen atoms in total. The Morgan fingerprint density at radius 1 is 1.26 bits per heavy atom. The number of aliphatic imine (C=N–C) groups is 1. The summed E-state index contributed by atoms with van der Waals surface area (Å²) in [5.41, 5.74) is 1.20. The van der Waals surface area contributed by atoms with E-state index < -0.39 is 10.3 Å². The van der Waals surface area contributed by atoms with Crippen molar-refractivity contribution in [2.45, 2.75) is 26.2 Å². The lowest BCUT2D eigenvalue weighted by atomic mass is 9.77. The molecule has 0 atom stereocenters. The largest absolute Gasteiger partial charge is 0.507 e. The van der Waals surface area contributed by atoms with E-state index in [1.54, 1.807) is 0 Å². The molecule has 120 valence electrons. The van der Waals surface area contributed by atoms with Crippen LogP contribution in [0.15, 0.2) is 47.5 Å². The summed E-state index contributed by atoms with van der Waals surface area (Å²) in [6.45, 7) is 6.27. The van der Waals surface area contributed by atoms with Gasteiger partial charge in [-0.05, 0) is 12.5 Å². The summed E-state index contributed by atoms with van der Waals surface area (Å²) in [5.74, 6) is 0.0293. The number of hydrogen-bond donors (Lipinski definition) is 1. The SMILES string of the molecule is CCN=Cc1cc([N+](=O)[O-])cc(C(C)(C)c2ccccc2)c1O. The third-order valence-electron chi connectivity index (χ3n) is 3.92. The molecule has 0 aliphatic carbocycles. The van der Waals surface area contributed by atoms with Crippen LogP contribution in [0, 0.1) is 10.1 Å². The fraction of sp³-hybridized carbons (Fsp3) is 0.278. The number of non-ortho nitro benzene ring substituents is 1. The van der Waals surface area contributed by atoms with Crippen LogP contribution in [0.5, 0.6) is 5.75 Å². The lowest BCUT2D eigenvalue weighted by Crippen LogP contribution is -2.19. The zero-order chi connectivity index (χ0) is 17.0. The molecule has 0 saturated carbocycles. The van der Waals surface area contributed by atoms with Gasteiger partial charge in [-0.15, -0.1) is 0 Å². The first-order chi connectivity index (χ1) is 10.9. The van der Waals surface area contributed by atoms with Gasteiger partial charge in [0.2, 0.25) is 0 Å². The van der Waals surface area contributed by atoms with Crippen LogP contribution in [0.2, 0.25) is 0 Å². The summed E-state index contributed by atoms with van der Waals surface area (Å²) in [6.07, 6.45) is 1.48. The van der Waals surface area contributed by atoms with Gasteiger partial charge in [-0.3, -0.25) is 15.1 Å². The van der Waals surface area contributed by atoms with E-state index in [1.165, 1.54) is 18.3 Å². The average molecular weight is 312 g/mol. The van der Waals surface area contributed by atoms with Crippen LogP contribution in [0.3, 0.4) is 0 Å². The normalized spacial score (nSPS) is 11.8. The Balaban J connectivity index is 2.67. The molecule has 0 heterocycles. The van der Waals surface area contributed by atoms with Crippen molar-refractivity contribution >= 4 is 11.9 Å².